The summed E-state index contributed by atoms with van der Waals surface area (Å²) >= 11 is 1.46. The van der Waals surface area contributed by atoms with Crippen LogP contribution in [0.4, 0.5) is 0 Å². The van der Waals surface area contributed by atoms with Gasteiger partial charge in [-0.15, -0.1) is 11.3 Å². The van der Waals surface area contributed by atoms with Crippen LogP contribution in [-0.2, 0) is 11.2 Å². The Morgan fingerprint density at radius 2 is 2.19 bits per heavy atom. The smallest absolute Gasteiger partial charge is 0.228 e. The van der Waals surface area contributed by atoms with Crippen molar-refractivity contribution in [1.29, 1.82) is 0 Å². The van der Waals surface area contributed by atoms with Crippen LogP contribution in [0.3, 0.4) is 0 Å². The molecule has 0 spiro atoms. The first-order valence-electron chi connectivity index (χ1n) is 6.72. The minimum atomic E-state index is -0.899. The SMILES string of the molecule is Cc1ccc(-c2nc(CC(=O)N(C)CC(C)(C)O)cs2)o1. The highest BCUT2D eigenvalue weighted by atomic mass is 32.1. The Hall–Kier alpha value is -1.66. The molecule has 1 amide bonds. The normalized spacial score (nSPS) is 11.7. The molecule has 0 aliphatic heterocycles. The monoisotopic (exact) mass is 308 g/mol. The zero-order chi connectivity index (χ0) is 15.6. The second-order valence-corrected chi connectivity index (χ2v) is 6.65. The maximum absolute atomic E-state index is 12.1. The molecule has 2 aromatic rings. The molecule has 21 heavy (non-hydrogen) atoms. The number of aliphatic hydroxyl groups is 1. The van der Waals surface area contributed by atoms with E-state index in [-0.39, 0.29) is 12.3 Å². The third-order valence-corrected chi connectivity index (χ3v) is 3.79. The molecule has 0 aliphatic carbocycles. The molecule has 2 aromatic heterocycles. The van der Waals surface area contributed by atoms with Crippen LogP contribution in [0.2, 0.25) is 0 Å². The number of aryl methyl sites for hydroxylation is 1. The number of hydrogen-bond donors (Lipinski definition) is 1. The van der Waals surface area contributed by atoms with Gasteiger partial charge in [0.05, 0.1) is 17.7 Å². The number of nitrogens with zero attached hydrogens (tertiary/aromatic N) is 2. The largest absolute Gasteiger partial charge is 0.459 e. The molecule has 114 valence electrons. The van der Waals surface area contributed by atoms with Gasteiger partial charge in [0.2, 0.25) is 5.91 Å². The Morgan fingerprint density at radius 1 is 1.48 bits per heavy atom. The number of hydrogen-bond acceptors (Lipinski definition) is 5. The molecule has 0 aromatic carbocycles. The van der Waals surface area contributed by atoms with Gasteiger partial charge in [-0.05, 0) is 32.9 Å². The van der Waals surface area contributed by atoms with Crippen LogP contribution in [0.25, 0.3) is 10.8 Å². The van der Waals surface area contributed by atoms with Gasteiger partial charge in [0.1, 0.15) is 5.76 Å². The first-order chi connectivity index (χ1) is 9.74. The Bertz CT molecular complexity index is 625. The van der Waals surface area contributed by atoms with Crippen molar-refractivity contribution in [3.63, 3.8) is 0 Å². The summed E-state index contributed by atoms with van der Waals surface area (Å²) in [7, 11) is 1.68. The lowest BCUT2D eigenvalue weighted by molar-refractivity contribution is -0.131. The highest BCUT2D eigenvalue weighted by molar-refractivity contribution is 7.13. The van der Waals surface area contributed by atoms with Crippen molar-refractivity contribution in [3.8, 4) is 10.8 Å². The number of likely N-dealkylation sites (N-methyl/N-ethyl adjacent to an activating group) is 1. The quantitative estimate of drug-likeness (QED) is 0.921. The van der Waals surface area contributed by atoms with E-state index in [9.17, 15) is 9.90 Å². The van der Waals surface area contributed by atoms with E-state index >= 15 is 0 Å². The zero-order valence-corrected chi connectivity index (χ0v) is 13.5. The summed E-state index contributed by atoms with van der Waals surface area (Å²) in [5.74, 6) is 1.49. The molecule has 2 rings (SSSR count). The Labute approximate surface area is 128 Å². The van der Waals surface area contributed by atoms with Gasteiger partial charge >= 0.3 is 0 Å². The fourth-order valence-corrected chi connectivity index (χ4v) is 2.79. The van der Waals surface area contributed by atoms with Crippen LogP contribution < -0.4 is 0 Å². The van der Waals surface area contributed by atoms with Gasteiger partial charge in [0.15, 0.2) is 10.8 Å². The minimum Gasteiger partial charge on any atom is -0.459 e. The third kappa shape index (κ3) is 4.41. The van der Waals surface area contributed by atoms with E-state index in [0.29, 0.717) is 6.54 Å². The van der Waals surface area contributed by atoms with Crippen LogP contribution in [-0.4, -0.2) is 40.1 Å². The van der Waals surface area contributed by atoms with E-state index in [1.54, 1.807) is 20.9 Å². The van der Waals surface area contributed by atoms with Gasteiger partial charge < -0.3 is 14.4 Å². The second kappa shape index (κ2) is 5.99. The van der Waals surface area contributed by atoms with Gasteiger partial charge in [-0.25, -0.2) is 4.98 Å². The predicted molar refractivity (Wildman–Crippen MR) is 82.2 cm³/mol. The average Bonchev–Trinajstić information content (AvgIpc) is 2.95. The lowest BCUT2D eigenvalue weighted by Crippen LogP contribution is -2.40. The molecule has 5 nitrogen and oxygen atoms in total. The van der Waals surface area contributed by atoms with E-state index in [4.69, 9.17) is 4.42 Å². The van der Waals surface area contributed by atoms with Crippen LogP contribution >= 0.6 is 11.3 Å². The third-order valence-electron chi connectivity index (χ3n) is 2.89. The number of aromatic nitrogens is 1. The molecular formula is C15H20N2O3S. The summed E-state index contributed by atoms with van der Waals surface area (Å²) in [6, 6.07) is 3.76. The second-order valence-electron chi connectivity index (χ2n) is 5.79. The maximum Gasteiger partial charge on any atom is 0.228 e. The molecule has 0 bridgehead atoms. The van der Waals surface area contributed by atoms with Crippen molar-refractivity contribution in [2.75, 3.05) is 13.6 Å². The molecule has 0 aliphatic rings. The van der Waals surface area contributed by atoms with Gasteiger partial charge in [0, 0.05) is 19.0 Å². The van der Waals surface area contributed by atoms with Crippen molar-refractivity contribution in [2.45, 2.75) is 32.8 Å². The summed E-state index contributed by atoms with van der Waals surface area (Å²) in [5, 5.41) is 12.4. The summed E-state index contributed by atoms with van der Waals surface area (Å²) in [6.07, 6.45) is 0.225. The Morgan fingerprint density at radius 3 is 2.76 bits per heavy atom. The fraction of sp³-hybridized carbons (Fsp3) is 0.467. The van der Waals surface area contributed by atoms with Crippen LogP contribution in [0.1, 0.15) is 25.3 Å². The van der Waals surface area contributed by atoms with E-state index in [2.05, 4.69) is 4.98 Å². The zero-order valence-electron chi connectivity index (χ0n) is 12.7. The molecular weight excluding hydrogens is 288 g/mol. The molecule has 1 N–H and O–H groups in total. The maximum atomic E-state index is 12.1. The average molecular weight is 308 g/mol. The molecule has 0 saturated carbocycles. The molecule has 0 saturated heterocycles. The predicted octanol–water partition coefficient (Wildman–Crippen LogP) is 2.48. The summed E-state index contributed by atoms with van der Waals surface area (Å²) < 4.78 is 5.52. The molecule has 0 atom stereocenters. The summed E-state index contributed by atoms with van der Waals surface area (Å²) in [5.41, 5.74) is -0.180. The van der Waals surface area contributed by atoms with E-state index in [1.807, 2.05) is 24.4 Å². The number of furan rings is 1. The van der Waals surface area contributed by atoms with Crippen molar-refractivity contribution in [1.82, 2.24) is 9.88 Å². The number of amides is 1. The standard InChI is InChI=1S/C15H20N2O3S/c1-10-5-6-12(20-10)14-16-11(8-21-14)7-13(18)17(4)9-15(2,3)19/h5-6,8,19H,7,9H2,1-4H3. The van der Waals surface area contributed by atoms with E-state index < -0.39 is 5.60 Å². The lowest BCUT2D eigenvalue weighted by atomic mass is 10.1. The fourth-order valence-electron chi connectivity index (χ4n) is 2.01. The molecule has 2 heterocycles. The number of carbonyl (C=O) groups is 1. The van der Waals surface area contributed by atoms with Crippen molar-refractivity contribution in [2.24, 2.45) is 0 Å². The van der Waals surface area contributed by atoms with Gasteiger partial charge in [-0.3, -0.25) is 4.79 Å². The highest BCUT2D eigenvalue weighted by Crippen LogP contribution is 2.25. The Balaban J connectivity index is 2.01. The minimum absolute atomic E-state index is 0.0652. The van der Waals surface area contributed by atoms with Gasteiger partial charge in [-0.1, -0.05) is 0 Å². The van der Waals surface area contributed by atoms with Crippen molar-refractivity contribution < 1.29 is 14.3 Å². The molecule has 6 heteroatoms. The van der Waals surface area contributed by atoms with Crippen LogP contribution in [0.5, 0.6) is 0 Å². The number of rotatable bonds is 5. The summed E-state index contributed by atoms with van der Waals surface area (Å²) in [6.45, 7) is 5.53. The van der Waals surface area contributed by atoms with E-state index in [0.717, 1.165) is 22.2 Å². The van der Waals surface area contributed by atoms with Crippen LogP contribution in [0.15, 0.2) is 21.9 Å². The number of carbonyl (C=O) groups excluding carboxylic acids is 1. The topological polar surface area (TPSA) is 66.6 Å². The molecule has 0 fully saturated rings. The first kappa shape index (κ1) is 15.7. The first-order valence-corrected chi connectivity index (χ1v) is 7.60. The lowest BCUT2D eigenvalue weighted by Gasteiger charge is -2.25. The van der Waals surface area contributed by atoms with E-state index in [1.165, 1.54) is 16.2 Å². The van der Waals surface area contributed by atoms with Gasteiger partial charge in [0.25, 0.3) is 0 Å². The number of thiazole rings is 1. The Kier molecular flexibility index (Phi) is 4.49. The molecule has 0 radical (unpaired) electrons. The molecule has 0 unspecified atom stereocenters. The van der Waals surface area contributed by atoms with Crippen LogP contribution in [0, 0.1) is 6.92 Å². The highest BCUT2D eigenvalue weighted by Gasteiger charge is 2.20. The summed E-state index contributed by atoms with van der Waals surface area (Å²) in [4.78, 5) is 18.0. The van der Waals surface area contributed by atoms with Crippen molar-refractivity contribution >= 4 is 17.2 Å². The van der Waals surface area contributed by atoms with Crippen molar-refractivity contribution in [3.05, 3.63) is 29.0 Å². The van der Waals surface area contributed by atoms with Gasteiger partial charge in [-0.2, -0.15) is 0 Å².